The fraction of sp³-hybridized carbons (Fsp3) is 0.150. The van der Waals surface area contributed by atoms with E-state index in [1.807, 2.05) is 60.8 Å². The second-order valence-corrected chi connectivity index (χ2v) is 6.76. The van der Waals surface area contributed by atoms with E-state index in [0.29, 0.717) is 0 Å². The van der Waals surface area contributed by atoms with Gasteiger partial charge in [-0.2, -0.15) is 0 Å². The van der Waals surface area contributed by atoms with Gasteiger partial charge in [-0.05, 0) is 43.3 Å². The second kappa shape index (κ2) is 7.20. The van der Waals surface area contributed by atoms with Crippen LogP contribution in [0.25, 0.3) is 27.6 Å². The van der Waals surface area contributed by atoms with Gasteiger partial charge in [0.2, 0.25) is 0 Å². The topological polar surface area (TPSA) is 62.1 Å². The summed E-state index contributed by atoms with van der Waals surface area (Å²) < 4.78 is 12.3. The minimum absolute atomic E-state index is 0.778. The van der Waals surface area contributed by atoms with Crippen molar-refractivity contribution >= 4 is 11.3 Å². The number of benzene rings is 2. The molecular formula is C20H18N4O2S. The number of hydrogen-bond donors (Lipinski definition) is 0. The molecular weight excluding hydrogens is 360 g/mol. The van der Waals surface area contributed by atoms with E-state index < -0.39 is 0 Å². The molecule has 0 atom stereocenters. The smallest absolute Gasteiger partial charge is 0.146 e. The van der Waals surface area contributed by atoms with Crippen LogP contribution in [0.3, 0.4) is 0 Å². The Kier molecular flexibility index (Phi) is 4.60. The van der Waals surface area contributed by atoms with Crippen molar-refractivity contribution in [1.82, 2.24) is 20.0 Å². The molecule has 4 rings (SSSR count). The monoisotopic (exact) mass is 378 g/mol. The standard InChI is InChI=1S/C20H18N4O2S/c1-13-19(22-23-24(13)15-5-4-6-17(11-15)26-3)20-21-18(12-27-20)14-7-9-16(25-2)10-8-14/h4-12H,1-3H3. The number of rotatable bonds is 5. The maximum Gasteiger partial charge on any atom is 0.146 e. The highest BCUT2D eigenvalue weighted by atomic mass is 32.1. The molecule has 2 heterocycles. The summed E-state index contributed by atoms with van der Waals surface area (Å²) in [5.41, 5.74) is 4.56. The SMILES string of the molecule is COc1ccc(-c2csc(-c3nnn(-c4cccc(OC)c4)c3C)n2)cc1. The highest BCUT2D eigenvalue weighted by molar-refractivity contribution is 7.13. The Morgan fingerprint density at radius 1 is 0.963 bits per heavy atom. The molecule has 0 aliphatic heterocycles. The fourth-order valence-corrected chi connectivity index (χ4v) is 3.65. The molecule has 0 spiro atoms. The fourth-order valence-electron chi connectivity index (χ4n) is 2.79. The van der Waals surface area contributed by atoms with Crippen molar-refractivity contribution in [2.45, 2.75) is 6.92 Å². The van der Waals surface area contributed by atoms with Crippen LogP contribution < -0.4 is 9.47 Å². The van der Waals surface area contributed by atoms with Crippen molar-refractivity contribution in [3.63, 3.8) is 0 Å². The Balaban J connectivity index is 1.66. The first-order chi connectivity index (χ1) is 13.2. The third kappa shape index (κ3) is 3.29. The summed E-state index contributed by atoms with van der Waals surface area (Å²) in [6.07, 6.45) is 0. The zero-order valence-corrected chi connectivity index (χ0v) is 16.0. The first kappa shape index (κ1) is 17.2. The number of hydrogen-bond acceptors (Lipinski definition) is 6. The molecule has 0 aliphatic rings. The third-order valence-electron chi connectivity index (χ3n) is 4.29. The van der Waals surface area contributed by atoms with Crippen molar-refractivity contribution in [3.8, 4) is 39.1 Å². The van der Waals surface area contributed by atoms with Gasteiger partial charge in [0.05, 0.1) is 31.3 Å². The highest BCUT2D eigenvalue weighted by Crippen LogP contribution is 2.31. The molecule has 136 valence electrons. The lowest BCUT2D eigenvalue weighted by molar-refractivity contribution is 0.414. The van der Waals surface area contributed by atoms with E-state index in [2.05, 4.69) is 10.3 Å². The lowest BCUT2D eigenvalue weighted by atomic mass is 10.2. The molecule has 0 unspecified atom stereocenters. The van der Waals surface area contributed by atoms with Gasteiger partial charge in [0.1, 0.15) is 22.2 Å². The van der Waals surface area contributed by atoms with Crippen molar-refractivity contribution in [2.75, 3.05) is 14.2 Å². The second-order valence-electron chi connectivity index (χ2n) is 5.90. The first-order valence-electron chi connectivity index (χ1n) is 8.36. The maximum absolute atomic E-state index is 5.30. The summed E-state index contributed by atoms with van der Waals surface area (Å²) in [5.74, 6) is 1.60. The summed E-state index contributed by atoms with van der Waals surface area (Å²) in [5, 5.41) is 11.5. The molecule has 7 heteroatoms. The minimum atomic E-state index is 0.778. The van der Waals surface area contributed by atoms with Crippen molar-refractivity contribution < 1.29 is 9.47 Å². The van der Waals surface area contributed by atoms with Crippen LogP contribution >= 0.6 is 11.3 Å². The van der Waals surface area contributed by atoms with Gasteiger partial charge >= 0.3 is 0 Å². The molecule has 0 bridgehead atoms. The molecule has 0 radical (unpaired) electrons. The molecule has 0 saturated heterocycles. The van der Waals surface area contributed by atoms with Crippen molar-refractivity contribution in [1.29, 1.82) is 0 Å². The molecule has 2 aromatic heterocycles. The molecule has 2 aromatic carbocycles. The molecule has 0 aliphatic carbocycles. The van der Waals surface area contributed by atoms with Crippen LogP contribution in [0.5, 0.6) is 11.5 Å². The predicted octanol–water partition coefficient (Wildman–Crippen LogP) is 4.38. The average molecular weight is 378 g/mol. The van der Waals surface area contributed by atoms with Gasteiger partial charge in [0, 0.05) is 17.0 Å². The van der Waals surface area contributed by atoms with E-state index in [1.54, 1.807) is 30.2 Å². The number of thiazole rings is 1. The third-order valence-corrected chi connectivity index (χ3v) is 5.13. The van der Waals surface area contributed by atoms with Crippen LogP contribution in [0.2, 0.25) is 0 Å². The summed E-state index contributed by atoms with van der Waals surface area (Å²) in [7, 11) is 3.30. The Labute approximate surface area is 161 Å². The first-order valence-corrected chi connectivity index (χ1v) is 9.24. The van der Waals surface area contributed by atoms with Crippen LogP contribution in [0.1, 0.15) is 5.69 Å². The molecule has 0 amide bonds. The average Bonchev–Trinajstić information content (AvgIpc) is 3.35. The quantitative estimate of drug-likeness (QED) is 0.516. The lowest BCUT2D eigenvalue weighted by Crippen LogP contribution is -1.99. The van der Waals surface area contributed by atoms with Crippen LogP contribution in [0.15, 0.2) is 53.9 Å². The van der Waals surface area contributed by atoms with Crippen molar-refractivity contribution in [2.24, 2.45) is 0 Å². The zero-order valence-electron chi connectivity index (χ0n) is 15.2. The summed E-state index contributed by atoms with van der Waals surface area (Å²) in [4.78, 5) is 4.74. The normalized spacial score (nSPS) is 10.8. The summed E-state index contributed by atoms with van der Waals surface area (Å²) >= 11 is 1.55. The Morgan fingerprint density at radius 3 is 2.48 bits per heavy atom. The molecule has 6 nitrogen and oxygen atoms in total. The van der Waals surface area contributed by atoms with Gasteiger partial charge in [0.25, 0.3) is 0 Å². The van der Waals surface area contributed by atoms with Gasteiger partial charge < -0.3 is 9.47 Å². The van der Waals surface area contributed by atoms with E-state index in [9.17, 15) is 0 Å². The number of ether oxygens (including phenoxy) is 2. The van der Waals surface area contributed by atoms with Crippen LogP contribution in [-0.2, 0) is 0 Å². The summed E-state index contributed by atoms with van der Waals surface area (Å²) in [6.45, 7) is 1.99. The van der Waals surface area contributed by atoms with E-state index >= 15 is 0 Å². The molecule has 0 N–H and O–H groups in total. The minimum Gasteiger partial charge on any atom is -0.497 e. The van der Waals surface area contributed by atoms with Crippen LogP contribution in [-0.4, -0.2) is 34.2 Å². The summed E-state index contributed by atoms with van der Waals surface area (Å²) in [6, 6.07) is 15.6. The molecule has 27 heavy (non-hydrogen) atoms. The van der Waals surface area contributed by atoms with Crippen molar-refractivity contribution in [3.05, 3.63) is 59.6 Å². The van der Waals surface area contributed by atoms with Gasteiger partial charge in [-0.25, -0.2) is 9.67 Å². The van der Waals surface area contributed by atoms with E-state index in [0.717, 1.165) is 44.8 Å². The van der Waals surface area contributed by atoms with E-state index in [4.69, 9.17) is 14.5 Å². The Bertz CT molecular complexity index is 1070. The van der Waals surface area contributed by atoms with Gasteiger partial charge in [-0.1, -0.05) is 11.3 Å². The number of aromatic nitrogens is 4. The molecule has 0 fully saturated rings. The van der Waals surface area contributed by atoms with Gasteiger partial charge in [-0.3, -0.25) is 0 Å². The highest BCUT2D eigenvalue weighted by Gasteiger charge is 2.16. The van der Waals surface area contributed by atoms with Gasteiger partial charge in [-0.15, -0.1) is 16.4 Å². The van der Waals surface area contributed by atoms with Gasteiger partial charge in [0.15, 0.2) is 0 Å². The Hall–Kier alpha value is -3.19. The van der Waals surface area contributed by atoms with E-state index in [-0.39, 0.29) is 0 Å². The maximum atomic E-state index is 5.30. The molecule has 4 aromatic rings. The number of methoxy groups -OCH3 is 2. The zero-order chi connectivity index (χ0) is 18.8. The van der Waals surface area contributed by atoms with Crippen LogP contribution in [0, 0.1) is 6.92 Å². The van der Waals surface area contributed by atoms with E-state index in [1.165, 1.54) is 0 Å². The lowest BCUT2D eigenvalue weighted by Gasteiger charge is -2.05. The van der Waals surface area contributed by atoms with Crippen LogP contribution in [0.4, 0.5) is 0 Å². The number of nitrogens with zero attached hydrogens (tertiary/aromatic N) is 4. The Morgan fingerprint density at radius 2 is 1.74 bits per heavy atom. The molecule has 0 saturated carbocycles. The predicted molar refractivity (Wildman–Crippen MR) is 106 cm³/mol. The largest absolute Gasteiger partial charge is 0.497 e.